The SMILES string of the molecule is CCCCCCCCCCCCCCCCCCCCCCCCCCOC(=O)CCCCCCCCCCC(O)CCCCCC. The number of carbonyl (C=O) groups is 1. The Morgan fingerprint density at radius 2 is 0.638 bits per heavy atom. The van der Waals surface area contributed by atoms with Crippen LogP contribution in [0.1, 0.15) is 264 Å². The summed E-state index contributed by atoms with van der Waals surface area (Å²) in [6.07, 6.45) is 50.8. The number of carbonyl (C=O) groups excluding carboxylic acids is 1. The molecule has 3 nitrogen and oxygen atoms in total. The lowest BCUT2D eigenvalue weighted by Gasteiger charge is -2.10. The van der Waals surface area contributed by atoms with Gasteiger partial charge in [-0.15, -0.1) is 0 Å². The first-order valence-corrected chi connectivity index (χ1v) is 22.0. The summed E-state index contributed by atoms with van der Waals surface area (Å²) in [5.41, 5.74) is 0. The zero-order valence-corrected chi connectivity index (χ0v) is 32.6. The molecule has 0 spiro atoms. The van der Waals surface area contributed by atoms with Crippen molar-refractivity contribution in [3.05, 3.63) is 0 Å². The van der Waals surface area contributed by atoms with Crippen LogP contribution in [0.25, 0.3) is 0 Å². The molecule has 1 unspecified atom stereocenters. The van der Waals surface area contributed by atoms with Gasteiger partial charge in [0.1, 0.15) is 0 Å². The quantitative estimate of drug-likeness (QED) is 0.0522. The van der Waals surface area contributed by atoms with E-state index < -0.39 is 0 Å². The highest BCUT2D eigenvalue weighted by molar-refractivity contribution is 5.69. The number of ether oxygens (including phenoxy) is 1. The minimum absolute atomic E-state index is 0.00679. The van der Waals surface area contributed by atoms with Crippen LogP contribution in [0.4, 0.5) is 0 Å². The van der Waals surface area contributed by atoms with Gasteiger partial charge < -0.3 is 9.84 Å². The zero-order chi connectivity index (χ0) is 34.1. The fourth-order valence-electron chi connectivity index (χ4n) is 6.98. The summed E-state index contributed by atoms with van der Waals surface area (Å²) in [4.78, 5) is 12.0. The molecule has 0 aromatic heterocycles. The van der Waals surface area contributed by atoms with Gasteiger partial charge in [-0.1, -0.05) is 232 Å². The van der Waals surface area contributed by atoms with Gasteiger partial charge in [-0.25, -0.2) is 0 Å². The molecule has 282 valence electrons. The highest BCUT2D eigenvalue weighted by Gasteiger charge is 2.05. The topological polar surface area (TPSA) is 46.5 Å². The fourth-order valence-corrected chi connectivity index (χ4v) is 6.98. The second kappa shape index (κ2) is 41.6. The summed E-state index contributed by atoms with van der Waals surface area (Å²) in [6.45, 7) is 5.15. The molecule has 0 bridgehead atoms. The van der Waals surface area contributed by atoms with E-state index in [-0.39, 0.29) is 12.1 Å². The van der Waals surface area contributed by atoms with E-state index >= 15 is 0 Å². The molecule has 0 aromatic carbocycles. The Kier molecular flexibility index (Phi) is 41.1. The van der Waals surface area contributed by atoms with Gasteiger partial charge in [0.15, 0.2) is 0 Å². The minimum atomic E-state index is -0.0790. The molecule has 0 rings (SSSR count). The van der Waals surface area contributed by atoms with Crippen LogP contribution in [0.5, 0.6) is 0 Å². The van der Waals surface area contributed by atoms with Crippen LogP contribution in [0.2, 0.25) is 0 Å². The smallest absolute Gasteiger partial charge is 0.305 e. The third kappa shape index (κ3) is 41.5. The summed E-state index contributed by atoms with van der Waals surface area (Å²) < 4.78 is 5.46. The number of rotatable bonds is 41. The molecular weight excluding hydrogens is 576 g/mol. The van der Waals surface area contributed by atoms with Gasteiger partial charge in [0.05, 0.1) is 12.7 Å². The van der Waals surface area contributed by atoms with Crippen LogP contribution in [-0.2, 0) is 9.53 Å². The van der Waals surface area contributed by atoms with E-state index in [0.29, 0.717) is 13.0 Å². The molecule has 1 atom stereocenters. The molecule has 47 heavy (non-hydrogen) atoms. The van der Waals surface area contributed by atoms with Crippen LogP contribution in [-0.4, -0.2) is 23.8 Å². The van der Waals surface area contributed by atoms with E-state index in [1.54, 1.807) is 0 Å². The maximum absolute atomic E-state index is 12.0. The average Bonchev–Trinajstić information content (AvgIpc) is 3.07. The highest BCUT2D eigenvalue weighted by Crippen LogP contribution is 2.17. The Morgan fingerprint density at radius 3 is 0.979 bits per heavy atom. The van der Waals surface area contributed by atoms with E-state index in [9.17, 15) is 9.90 Å². The lowest BCUT2D eigenvalue weighted by molar-refractivity contribution is -0.143. The molecular formula is C44H88O3. The minimum Gasteiger partial charge on any atom is -0.466 e. The highest BCUT2D eigenvalue weighted by atomic mass is 16.5. The monoisotopic (exact) mass is 665 g/mol. The molecule has 0 saturated carbocycles. The number of aliphatic hydroxyl groups is 1. The molecule has 0 aromatic rings. The van der Waals surface area contributed by atoms with Crippen molar-refractivity contribution < 1.29 is 14.6 Å². The van der Waals surface area contributed by atoms with Gasteiger partial charge in [0.25, 0.3) is 0 Å². The third-order valence-electron chi connectivity index (χ3n) is 10.3. The van der Waals surface area contributed by atoms with Crippen LogP contribution in [0, 0.1) is 0 Å². The van der Waals surface area contributed by atoms with E-state index in [2.05, 4.69) is 13.8 Å². The lowest BCUT2D eigenvalue weighted by Crippen LogP contribution is -2.06. The third-order valence-corrected chi connectivity index (χ3v) is 10.3. The first kappa shape index (κ1) is 46.4. The van der Waals surface area contributed by atoms with Crippen LogP contribution >= 0.6 is 0 Å². The molecule has 0 amide bonds. The van der Waals surface area contributed by atoms with Gasteiger partial charge in [0.2, 0.25) is 0 Å². The number of aliphatic hydroxyl groups excluding tert-OH is 1. The van der Waals surface area contributed by atoms with Crippen LogP contribution in [0.15, 0.2) is 0 Å². The molecule has 0 radical (unpaired) electrons. The molecule has 1 N–H and O–H groups in total. The van der Waals surface area contributed by atoms with Crippen molar-refractivity contribution in [2.24, 2.45) is 0 Å². The average molecular weight is 665 g/mol. The van der Waals surface area contributed by atoms with Gasteiger partial charge in [-0.05, 0) is 25.7 Å². The molecule has 0 fully saturated rings. The van der Waals surface area contributed by atoms with E-state index in [1.807, 2.05) is 0 Å². The fraction of sp³-hybridized carbons (Fsp3) is 0.977. The Bertz CT molecular complexity index is 576. The maximum Gasteiger partial charge on any atom is 0.305 e. The molecule has 0 aliphatic heterocycles. The second-order valence-electron chi connectivity index (χ2n) is 15.2. The molecule has 0 saturated heterocycles. The van der Waals surface area contributed by atoms with E-state index in [0.717, 1.165) is 32.1 Å². The van der Waals surface area contributed by atoms with Crippen molar-refractivity contribution in [3.8, 4) is 0 Å². The van der Waals surface area contributed by atoms with Crippen molar-refractivity contribution in [2.45, 2.75) is 270 Å². The largest absolute Gasteiger partial charge is 0.466 e. The Balaban J connectivity index is 3.17. The summed E-state index contributed by atoms with van der Waals surface area (Å²) in [6, 6.07) is 0. The number of hydrogen-bond donors (Lipinski definition) is 1. The standard InChI is InChI=1S/C44H88O3/c1-3-5-7-9-10-11-12-13-14-15-16-17-18-19-20-21-22-23-24-25-28-31-34-38-42-47-44(46)41-37-33-30-27-26-29-32-36-40-43(45)39-35-8-6-4-2/h43,45H,3-42H2,1-2H3. The van der Waals surface area contributed by atoms with E-state index in [4.69, 9.17) is 4.74 Å². The van der Waals surface area contributed by atoms with Crippen molar-refractivity contribution in [2.75, 3.05) is 6.61 Å². The summed E-state index contributed by atoms with van der Waals surface area (Å²) >= 11 is 0. The number of esters is 1. The number of hydrogen-bond acceptors (Lipinski definition) is 3. The summed E-state index contributed by atoms with van der Waals surface area (Å²) in [5, 5.41) is 10.1. The normalized spacial score (nSPS) is 12.1. The predicted molar refractivity (Wildman–Crippen MR) is 208 cm³/mol. The maximum atomic E-state index is 12.0. The van der Waals surface area contributed by atoms with Crippen LogP contribution < -0.4 is 0 Å². The van der Waals surface area contributed by atoms with Crippen LogP contribution in [0.3, 0.4) is 0 Å². The van der Waals surface area contributed by atoms with Crippen molar-refractivity contribution in [1.29, 1.82) is 0 Å². The number of unbranched alkanes of at least 4 members (excludes halogenated alkanes) is 33. The van der Waals surface area contributed by atoms with Gasteiger partial charge in [-0.2, -0.15) is 0 Å². The lowest BCUT2D eigenvalue weighted by atomic mass is 10.0. The predicted octanol–water partition coefficient (Wildman–Crippen LogP) is 15.1. The Hall–Kier alpha value is -0.570. The molecule has 0 aliphatic carbocycles. The van der Waals surface area contributed by atoms with Crippen molar-refractivity contribution >= 4 is 5.97 Å². The van der Waals surface area contributed by atoms with Gasteiger partial charge in [0, 0.05) is 6.42 Å². The molecule has 0 aliphatic rings. The summed E-state index contributed by atoms with van der Waals surface area (Å²) in [7, 11) is 0. The zero-order valence-electron chi connectivity index (χ0n) is 32.6. The van der Waals surface area contributed by atoms with Gasteiger partial charge in [-0.3, -0.25) is 4.79 Å². The molecule has 0 heterocycles. The van der Waals surface area contributed by atoms with Crippen molar-refractivity contribution in [1.82, 2.24) is 0 Å². The Labute approximate surface area is 297 Å². The van der Waals surface area contributed by atoms with Crippen molar-refractivity contribution in [3.63, 3.8) is 0 Å². The first-order chi connectivity index (χ1) is 23.2. The molecule has 3 heteroatoms. The Morgan fingerprint density at radius 1 is 0.383 bits per heavy atom. The van der Waals surface area contributed by atoms with Gasteiger partial charge >= 0.3 is 5.97 Å². The summed E-state index contributed by atoms with van der Waals surface area (Å²) in [5.74, 6) is 0.00679. The van der Waals surface area contributed by atoms with E-state index in [1.165, 1.54) is 212 Å². The second-order valence-corrected chi connectivity index (χ2v) is 15.2. The first-order valence-electron chi connectivity index (χ1n) is 22.0.